The first-order valence-electron chi connectivity index (χ1n) is 5.11. The smallest absolute Gasteiger partial charge is 0.0118 e. The highest BCUT2D eigenvalue weighted by Crippen LogP contribution is 2.28. The number of nitrogens with one attached hydrogen (secondary N) is 1. The lowest BCUT2D eigenvalue weighted by Crippen LogP contribution is -2.40. The minimum atomic E-state index is 0.430. The van der Waals surface area contributed by atoms with Crippen LogP contribution in [0.1, 0.15) is 47.5 Å². The highest BCUT2D eigenvalue weighted by atomic mass is 14.9. The molecular weight excluding hydrogens is 146 g/mol. The second-order valence-electron chi connectivity index (χ2n) is 4.81. The Morgan fingerprint density at radius 1 is 1.25 bits per heavy atom. The molecule has 0 spiro atoms. The third kappa shape index (κ3) is 3.57. The molecule has 0 bridgehead atoms. The molecule has 0 aliphatic rings. The van der Waals surface area contributed by atoms with Crippen LogP contribution in [-0.2, 0) is 0 Å². The van der Waals surface area contributed by atoms with Crippen molar-refractivity contribution in [3.8, 4) is 0 Å². The van der Waals surface area contributed by atoms with E-state index in [1.807, 2.05) is 0 Å². The van der Waals surface area contributed by atoms with Crippen molar-refractivity contribution in [3.63, 3.8) is 0 Å². The van der Waals surface area contributed by atoms with E-state index in [0.717, 1.165) is 5.92 Å². The van der Waals surface area contributed by atoms with Gasteiger partial charge in [-0.2, -0.15) is 0 Å². The molecule has 0 heterocycles. The van der Waals surface area contributed by atoms with Crippen LogP contribution in [0.15, 0.2) is 0 Å². The van der Waals surface area contributed by atoms with Crippen LogP contribution in [0.5, 0.6) is 0 Å². The summed E-state index contributed by atoms with van der Waals surface area (Å²) in [5.74, 6) is 0.785. The normalized spacial score (nSPS) is 15.2. The van der Waals surface area contributed by atoms with Gasteiger partial charge in [-0.25, -0.2) is 0 Å². The molecule has 1 N–H and O–H groups in total. The molecule has 0 aliphatic heterocycles. The second kappa shape index (κ2) is 4.86. The summed E-state index contributed by atoms with van der Waals surface area (Å²) in [5, 5.41) is 3.42. The number of rotatable bonds is 5. The minimum Gasteiger partial charge on any atom is -0.316 e. The maximum atomic E-state index is 3.42. The first-order valence-corrected chi connectivity index (χ1v) is 5.11. The molecule has 1 heteroatoms. The van der Waals surface area contributed by atoms with E-state index >= 15 is 0 Å². The van der Waals surface area contributed by atoms with Gasteiger partial charge >= 0.3 is 0 Å². The Morgan fingerprint density at radius 2 is 1.75 bits per heavy atom. The zero-order chi connectivity index (χ0) is 9.78. The molecule has 12 heavy (non-hydrogen) atoms. The van der Waals surface area contributed by atoms with Crippen molar-refractivity contribution in [1.29, 1.82) is 0 Å². The van der Waals surface area contributed by atoms with Crippen molar-refractivity contribution >= 4 is 0 Å². The lowest BCUT2D eigenvalue weighted by Gasteiger charge is -2.34. The van der Waals surface area contributed by atoms with Crippen molar-refractivity contribution in [3.05, 3.63) is 0 Å². The van der Waals surface area contributed by atoms with Gasteiger partial charge in [0.25, 0.3) is 0 Å². The van der Waals surface area contributed by atoms with Crippen LogP contribution in [0.3, 0.4) is 0 Å². The Bertz CT molecular complexity index is 116. The minimum absolute atomic E-state index is 0.430. The van der Waals surface area contributed by atoms with Crippen molar-refractivity contribution < 1.29 is 0 Å². The molecule has 74 valence electrons. The maximum Gasteiger partial charge on any atom is 0.0118 e. The Kier molecular flexibility index (Phi) is 4.84. The molecular formula is C11H25N. The molecule has 0 saturated heterocycles. The predicted octanol–water partition coefficient (Wildman–Crippen LogP) is 3.06. The van der Waals surface area contributed by atoms with Gasteiger partial charge in [0, 0.05) is 6.04 Å². The van der Waals surface area contributed by atoms with Gasteiger partial charge in [-0.15, -0.1) is 0 Å². The molecule has 0 aliphatic carbocycles. The molecule has 0 fully saturated rings. The van der Waals surface area contributed by atoms with Gasteiger partial charge in [0.05, 0.1) is 0 Å². The third-order valence-electron chi connectivity index (χ3n) is 2.91. The second-order valence-corrected chi connectivity index (χ2v) is 4.81. The molecule has 1 atom stereocenters. The van der Waals surface area contributed by atoms with E-state index in [1.54, 1.807) is 0 Å². The van der Waals surface area contributed by atoms with Gasteiger partial charge in [0.15, 0.2) is 0 Å². The first kappa shape index (κ1) is 12.0. The molecule has 0 aromatic heterocycles. The third-order valence-corrected chi connectivity index (χ3v) is 2.91. The average Bonchev–Trinajstić information content (AvgIpc) is 1.99. The Hall–Kier alpha value is -0.0400. The van der Waals surface area contributed by atoms with Gasteiger partial charge in [0.2, 0.25) is 0 Å². The summed E-state index contributed by atoms with van der Waals surface area (Å²) in [6.07, 6.45) is 2.52. The largest absolute Gasteiger partial charge is 0.316 e. The Balaban J connectivity index is 4.13. The molecule has 0 amide bonds. The summed E-state index contributed by atoms with van der Waals surface area (Å²) < 4.78 is 0. The number of hydrogen-bond acceptors (Lipinski definition) is 1. The molecule has 1 unspecified atom stereocenters. The standard InChI is InChI=1S/C11H25N/c1-7-11(4,5)10(12-6)8-9(2)3/h9-10,12H,7-8H2,1-6H3. The Labute approximate surface area is 77.9 Å². The van der Waals surface area contributed by atoms with Gasteiger partial charge in [0.1, 0.15) is 0 Å². The van der Waals surface area contributed by atoms with E-state index < -0.39 is 0 Å². The van der Waals surface area contributed by atoms with Gasteiger partial charge < -0.3 is 5.32 Å². The molecule has 0 saturated carbocycles. The van der Waals surface area contributed by atoms with Crippen LogP contribution in [0.2, 0.25) is 0 Å². The highest BCUT2D eigenvalue weighted by Gasteiger charge is 2.26. The van der Waals surface area contributed by atoms with E-state index in [-0.39, 0.29) is 0 Å². The maximum absolute atomic E-state index is 3.42. The fourth-order valence-corrected chi connectivity index (χ4v) is 1.55. The van der Waals surface area contributed by atoms with E-state index in [0.29, 0.717) is 11.5 Å². The summed E-state index contributed by atoms with van der Waals surface area (Å²) in [6, 6.07) is 0.655. The Morgan fingerprint density at radius 3 is 2.00 bits per heavy atom. The van der Waals surface area contributed by atoms with Crippen molar-refractivity contribution in [2.75, 3.05) is 7.05 Å². The van der Waals surface area contributed by atoms with Crippen LogP contribution in [0.4, 0.5) is 0 Å². The summed E-state index contributed by atoms with van der Waals surface area (Å²) in [7, 11) is 2.07. The summed E-state index contributed by atoms with van der Waals surface area (Å²) in [6.45, 7) is 11.5. The van der Waals surface area contributed by atoms with Crippen molar-refractivity contribution in [2.45, 2.75) is 53.5 Å². The molecule has 1 nitrogen and oxygen atoms in total. The van der Waals surface area contributed by atoms with Crippen molar-refractivity contribution in [2.24, 2.45) is 11.3 Å². The van der Waals surface area contributed by atoms with Crippen molar-refractivity contribution in [1.82, 2.24) is 5.32 Å². The molecule has 0 aromatic carbocycles. The molecule has 0 aromatic rings. The van der Waals surface area contributed by atoms with Crippen LogP contribution in [0.25, 0.3) is 0 Å². The quantitative estimate of drug-likeness (QED) is 0.670. The topological polar surface area (TPSA) is 12.0 Å². The predicted molar refractivity (Wildman–Crippen MR) is 56.4 cm³/mol. The summed E-state index contributed by atoms with van der Waals surface area (Å²) in [4.78, 5) is 0. The summed E-state index contributed by atoms with van der Waals surface area (Å²) >= 11 is 0. The zero-order valence-corrected chi connectivity index (χ0v) is 9.57. The first-order chi connectivity index (χ1) is 5.44. The zero-order valence-electron chi connectivity index (χ0n) is 9.57. The monoisotopic (exact) mass is 171 g/mol. The number of hydrogen-bond donors (Lipinski definition) is 1. The van der Waals surface area contributed by atoms with Gasteiger partial charge in [-0.3, -0.25) is 0 Å². The fraction of sp³-hybridized carbons (Fsp3) is 1.00. The van der Waals surface area contributed by atoms with Crippen LogP contribution >= 0.6 is 0 Å². The van der Waals surface area contributed by atoms with Crippen LogP contribution in [0, 0.1) is 11.3 Å². The highest BCUT2D eigenvalue weighted by molar-refractivity contribution is 4.82. The van der Waals surface area contributed by atoms with E-state index in [4.69, 9.17) is 0 Å². The average molecular weight is 171 g/mol. The lowest BCUT2D eigenvalue weighted by atomic mass is 9.78. The molecule has 0 radical (unpaired) electrons. The van der Waals surface area contributed by atoms with E-state index in [9.17, 15) is 0 Å². The summed E-state index contributed by atoms with van der Waals surface area (Å²) in [5.41, 5.74) is 0.430. The van der Waals surface area contributed by atoms with Crippen LogP contribution in [-0.4, -0.2) is 13.1 Å². The fourth-order valence-electron chi connectivity index (χ4n) is 1.55. The van der Waals surface area contributed by atoms with Gasteiger partial charge in [-0.05, 0) is 31.2 Å². The van der Waals surface area contributed by atoms with E-state index in [1.165, 1.54) is 12.8 Å². The van der Waals surface area contributed by atoms with E-state index in [2.05, 4.69) is 47.0 Å². The lowest BCUT2D eigenvalue weighted by molar-refractivity contribution is 0.213. The van der Waals surface area contributed by atoms with Gasteiger partial charge in [-0.1, -0.05) is 34.6 Å². The van der Waals surface area contributed by atoms with Crippen LogP contribution < -0.4 is 5.32 Å². The molecule has 0 rings (SSSR count). The SMILES string of the molecule is CCC(C)(C)C(CC(C)C)NC.